The molecule has 0 radical (unpaired) electrons. The molecule has 31 heavy (non-hydrogen) atoms. The number of hydrogen-bond acceptors (Lipinski definition) is 4. The highest BCUT2D eigenvalue weighted by Crippen LogP contribution is 2.32. The van der Waals surface area contributed by atoms with E-state index in [1.165, 1.54) is 4.90 Å². The van der Waals surface area contributed by atoms with Crippen LogP contribution in [0.2, 0.25) is 0 Å². The first-order valence-corrected chi connectivity index (χ1v) is 11.1. The summed E-state index contributed by atoms with van der Waals surface area (Å²) in [6.07, 6.45) is 2.54. The molecule has 1 fully saturated rings. The van der Waals surface area contributed by atoms with E-state index < -0.39 is 11.8 Å². The van der Waals surface area contributed by atoms with Crippen LogP contribution >= 0.6 is 24.0 Å². The molecule has 154 valence electrons. The Labute approximate surface area is 191 Å². The van der Waals surface area contributed by atoms with Crippen LogP contribution < -0.4 is 10.2 Å². The summed E-state index contributed by atoms with van der Waals surface area (Å²) in [5.41, 5.74) is 2.63. The van der Waals surface area contributed by atoms with Gasteiger partial charge < -0.3 is 0 Å². The van der Waals surface area contributed by atoms with Gasteiger partial charge in [-0.05, 0) is 66.2 Å². The Morgan fingerprint density at radius 2 is 1.61 bits per heavy atom. The second-order valence-corrected chi connectivity index (χ2v) is 8.43. The molecule has 0 atom stereocenters. The van der Waals surface area contributed by atoms with Crippen LogP contribution in [0.1, 0.15) is 18.1 Å². The molecule has 0 saturated carbocycles. The SMILES string of the molecule is CCc1ccc(N2C(=O)/C(=C\c3ccccc3Sc3ccccc3)C(=O)NC2=S)cc1. The number of aryl methyl sites for hydroxylation is 1. The van der Waals surface area contributed by atoms with Crippen LogP contribution in [-0.4, -0.2) is 16.9 Å². The van der Waals surface area contributed by atoms with E-state index in [1.54, 1.807) is 17.8 Å². The van der Waals surface area contributed by atoms with E-state index in [0.29, 0.717) is 5.69 Å². The van der Waals surface area contributed by atoms with Crippen LogP contribution in [0.15, 0.2) is 94.2 Å². The Balaban J connectivity index is 1.69. The van der Waals surface area contributed by atoms with Crippen molar-refractivity contribution in [1.29, 1.82) is 0 Å². The normalized spacial score (nSPS) is 15.3. The van der Waals surface area contributed by atoms with Crippen LogP contribution in [0.3, 0.4) is 0 Å². The summed E-state index contributed by atoms with van der Waals surface area (Å²) in [5, 5.41) is 2.74. The van der Waals surface area contributed by atoms with Gasteiger partial charge in [0.25, 0.3) is 11.8 Å². The first-order chi connectivity index (χ1) is 15.1. The van der Waals surface area contributed by atoms with E-state index in [9.17, 15) is 9.59 Å². The zero-order valence-corrected chi connectivity index (χ0v) is 18.5. The predicted molar refractivity (Wildman–Crippen MR) is 129 cm³/mol. The van der Waals surface area contributed by atoms with Gasteiger partial charge in [0.15, 0.2) is 5.11 Å². The molecule has 1 heterocycles. The molecule has 2 amide bonds. The lowest BCUT2D eigenvalue weighted by atomic mass is 10.1. The molecule has 6 heteroatoms. The Kier molecular flexibility index (Phi) is 6.30. The lowest BCUT2D eigenvalue weighted by Gasteiger charge is -2.29. The van der Waals surface area contributed by atoms with Crippen molar-refractivity contribution in [2.24, 2.45) is 0 Å². The number of anilines is 1. The summed E-state index contributed by atoms with van der Waals surface area (Å²) in [5.74, 6) is -0.923. The first kappa shape index (κ1) is 21.0. The van der Waals surface area contributed by atoms with Gasteiger partial charge >= 0.3 is 0 Å². The van der Waals surface area contributed by atoms with Gasteiger partial charge in [-0.25, -0.2) is 0 Å². The van der Waals surface area contributed by atoms with E-state index in [4.69, 9.17) is 12.2 Å². The molecule has 0 aliphatic carbocycles. The van der Waals surface area contributed by atoms with E-state index in [-0.39, 0.29) is 10.7 Å². The second kappa shape index (κ2) is 9.29. The highest BCUT2D eigenvalue weighted by molar-refractivity contribution is 7.99. The molecule has 3 aromatic carbocycles. The summed E-state index contributed by atoms with van der Waals surface area (Å²) in [4.78, 5) is 29.3. The molecule has 0 bridgehead atoms. The number of hydrogen-bond donors (Lipinski definition) is 1. The van der Waals surface area contributed by atoms with Crippen molar-refractivity contribution in [2.75, 3.05) is 4.90 Å². The number of nitrogens with one attached hydrogen (secondary N) is 1. The lowest BCUT2D eigenvalue weighted by Crippen LogP contribution is -2.54. The Bertz CT molecular complexity index is 1170. The summed E-state index contributed by atoms with van der Waals surface area (Å²) < 4.78 is 0. The minimum absolute atomic E-state index is 0.0503. The maximum atomic E-state index is 13.3. The van der Waals surface area contributed by atoms with Gasteiger partial charge in [0, 0.05) is 9.79 Å². The summed E-state index contributed by atoms with van der Waals surface area (Å²) >= 11 is 6.88. The minimum Gasteiger partial charge on any atom is -0.298 e. The van der Waals surface area contributed by atoms with Gasteiger partial charge in [-0.2, -0.15) is 0 Å². The van der Waals surface area contributed by atoms with Crippen molar-refractivity contribution >= 4 is 52.7 Å². The van der Waals surface area contributed by atoms with Crippen LogP contribution in [0.4, 0.5) is 5.69 Å². The number of thiocarbonyl (C=S) groups is 1. The third-order valence-corrected chi connectivity index (χ3v) is 6.28. The Morgan fingerprint density at radius 3 is 2.32 bits per heavy atom. The molecule has 4 nitrogen and oxygen atoms in total. The molecule has 1 aliphatic rings. The molecule has 1 saturated heterocycles. The highest BCUT2D eigenvalue weighted by Gasteiger charge is 2.34. The van der Waals surface area contributed by atoms with E-state index in [1.807, 2.05) is 78.9 Å². The van der Waals surface area contributed by atoms with Gasteiger partial charge in [-0.1, -0.05) is 67.2 Å². The molecule has 0 unspecified atom stereocenters. The number of nitrogens with zero attached hydrogens (tertiary/aromatic N) is 1. The molecular formula is C25H20N2O2S2. The van der Waals surface area contributed by atoms with E-state index in [2.05, 4.69) is 12.2 Å². The largest absolute Gasteiger partial charge is 0.298 e. The minimum atomic E-state index is -0.490. The van der Waals surface area contributed by atoms with E-state index >= 15 is 0 Å². The van der Waals surface area contributed by atoms with Crippen LogP contribution in [0.25, 0.3) is 6.08 Å². The number of benzene rings is 3. The molecule has 0 aromatic heterocycles. The lowest BCUT2D eigenvalue weighted by molar-refractivity contribution is -0.122. The van der Waals surface area contributed by atoms with Gasteiger partial charge in [0.05, 0.1) is 5.69 Å². The molecule has 3 aromatic rings. The Morgan fingerprint density at radius 1 is 0.935 bits per heavy atom. The smallest absolute Gasteiger partial charge is 0.270 e. The number of amides is 2. The highest BCUT2D eigenvalue weighted by atomic mass is 32.2. The van der Waals surface area contributed by atoms with Crippen molar-refractivity contribution in [3.8, 4) is 0 Å². The average Bonchev–Trinajstić information content (AvgIpc) is 2.79. The standard InChI is InChI=1S/C25H20N2O2S2/c1-2-17-12-14-19(15-13-17)27-24(29)21(23(28)26-25(27)30)16-18-8-6-7-11-22(18)31-20-9-4-3-5-10-20/h3-16H,2H2,1H3,(H,26,28,30)/b21-16-. The third-order valence-electron chi connectivity index (χ3n) is 4.89. The first-order valence-electron chi connectivity index (χ1n) is 9.89. The second-order valence-electron chi connectivity index (χ2n) is 6.93. The number of carbonyl (C=O) groups excluding carboxylic acids is 2. The third kappa shape index (κ3) is 4.60. The fourth-order valence-electron chi connectivity index (χ4n) is 3.24. The van der Waals surface area contributed by atoms with Gasteiger partial charge in [0.2, 0.25) is 0 Å². The van der Waals surface area contributed by atoms with E-state index in [0.717, 1.165) is 27.3 Å². The number of carbonyl (C=O) groups is 2. The molecule has 0 spiro atoms. The topological polar surface area (TPSA) is 49.4 Å². The fraction of sp³-hybridized carbons (Fsp3) is 0.0800. The maximum absolute atomic E-state index is 13.3. The van der Waals surface area contributed by atoms with Gasteiger partial charge in [-0.3, -0.25) is 19.8 Å². The summed E-state index contributed by atoms with van der Waals surface area (Å²) in [6, 6.07) is 25.3. The van der Waals surface area contributed by atoms with Crippen LogP contribution in [0.5, 0.6) is 0 Å². The van der Waals surface area contributed by atoms with Gasteiger partial charge in [-0.15, -0.1) is 0 Å². The van der Waals surface area contributed by atoms with Crippen LogP contribution in [0, 0.1) is 0 Å². The Hall–Kier alpha value is -3.22. The number of rotatable bonds is 5. The zero-order valence-electron chi connectivity index (χ0n) is 16.9. The average molecular weight is 445 g/mol. The molecular weight excluding hydrogens is 424 g/mol. The maximum Gasteiger partial charge on any atom is 0.270 e. The fourth-order valence-corrected chi connectivity index (χ4v) is 4.46. The quantitative estimate of drug-likeness (QED) is 0.333. The molecule has 4 rings (SSSR count). The zero-order chi connectivity index (χ0) is 21.8. The predicted octanol–water partition coefficient (Wildman–Crippen LogP) is 5.23. The molecule has 1 N–H and O–H groups in total. The summed E-state index contributed by atoms with van der Waals surface area (Å²) in [6.45, 7) is 2.07. The monoisotopic (exact) mass is 444 g/mol. The van der Waals surface area contributed by atoms with Crippen molar-refractivity contribution in [1.82, 2.24) is 5.32 Å². The van der Waals surface area contributed by atoms with Crippen molar-refractivity contribution in [3.05, 3.63) is 95.6 Å². The van der Waals surface area contributed by atoms with Crippen molar-refractivity contribution < 1.29 is 9.59 Å². The van der Waals surface area contributed by atoms with Crippen molar-refractivity contribution in [2.45, 2.75) is 23.1 Å². The molecule has 1 aliphatic heterocycles. The van der Waals surface area contributed by atoms with Gasteiger partial charge in [0.1, 0.15) is 5.57 Å². The van der Waals surface area contributed by atoms with Crippen LogP contribution in [-0.2, 0) is 16.0 Å². The van der Waals surface area contributed by atoms with Crippen molar-refractivity contribution in [3.63, 3.8) is 0 Å². The summed E-state index contributed by atoms with van der Waals surface area (Å²) in [7, 11) is 0.